The Morgan fingerprint density at radius 2 is 2.12 bits per heavy atom. The van der Waals surface area contributed by atoms with Crippen molar-refractivity contribution in [1.82, 2.24) is 10.2 Å². The van der Waals surface area contributed by atoms with E-state index in [2.05, 4.69) is 15.5 Å². The van der Waals surface area contributed by atoms with Gasteiger partial charge < -0.3 is 5.32 Å². The summed E-state index contributed by atoms with van der Waals surface area (Å²) in [5, 5.41) is 11.1. The second-order valence-electron chi connectivity index (χ2n) is 3.53. The van der Waals surface area contributed by atoms with Gasteiger partial charge in [0.25, 0.3) is 0 Å². The van der Waals surface area contributed by atoms with Gasteiger partial charge in [0.15, 0.2) is 5.82 Å². The highest BCUT2D eigenvalue weighted by atomic mass is 35.5. The summed E-state index contributed by atoms with van der Waals surface area (Å²) in [5.74, 6) is 1.21. The molecule has 0 aliphatic heterocycles. The molecule has 4 heteroatoms. The highest BCUT2D eigenvalue weighted by molar-refractivity contribution is 6.17. The molecule has 0 saturated heterocycles. The average molecular weight is 234 g/mol. The van der Waals surface area contributed by atoms with E-state index in [1.807, 2.05) is 37.3 Å². The molecule has 0 atom stereocenters. The van der Waals surface area contributed by atoms with Crippen molar-refractivity contribution >= 4 is 23.1 Å². The molecule has 0 amide bonds. The molecule has 0 unspecified atom stereocenters. The molecular formula is C12H12ClN3. The van der Waals surface area contributed by atoms with Crippen LogP contribution in [0.25, 0.3) is 0 Å². The second-order valence-corrected chi connectivity index (χ2v) is 3.80. The SMILES string of the molecule is Cc1cnnc(Nc2ccccc2CCl)c1. The van der Waals surface area contributed by atoms with Crippen LogP contribution in [0.2, 0.25) is 0 Å². The minimum absolute atomic E-state index is 0.475. The standard InChI is InChI=1S/C12H12ClN3/c1-9-6-12(16-14-8-9)15-11-5-3-2-4-10(11)7-13/h2-6,8H,7H2,1H3,(H,15,16). The number of hydrogen-bond acceptors (Lipinski definition) is 3. The maximum absolute atomic E-state index is 5.85. The van der Waals surface area contributed by atoms with E-state index in [1.165, 1.54) is 0 Å². The first-order chi connectivity index (χ1) is 7.79. The first-order valence-electron chi connectivity index (χ1n) is 5.00. The van der Waals surface area contributed by atoms with Crippen LogP contribution in [0.3, 0.4) is 0 Å². The number of rotatable bonds is 3. The normalized spacial score (nSPS) is 10.1. The Kier molecular flexibility index (Phi) is 3.37. The zero-order valence-corrected chi connectivity index (χ0v) is 9.70. The molecule has 2 rings (SSSR count). The van der Waals surface area contributed by atoms with Crippen molar-refractivity contribution in [3.8, 4) is 0 Å². The van der Waals surface area contributed by atoms with Crippen LogP contribution in [0.5, 0.6) is 0 Å². The molecule has 1 aromatic carbocycles. The van der Waals surface area contributed by atoms with Gasteiger partial charge >= 0.3 is 0 Å². The number of halogens is 1. The minimum Gasteiger partial charge on any atom is -0.338 e. The Labute approximate surface area is 99.5 Å². The number of aromatic nitrogens is 2. The minimum atomic E-state index is 0.475. The number of para-hydroxylation sites is 1. The summed E-state index contributed by atoms with van der Waals surface area (Å²) >= 11 is 5.85. The van der Waals surface area contributed by atoms with Gasteiger partial charge in [-0.05, 0) is 30.2 Å². The van der Waals surface area contributed by atoms with Gasteiger partial charge in [-0.2, -0.15) is 5.10 Å². The van der Waals surface area contributed by atoms with E-state index in [4.69, 9.17) is 11.6 Å². The van der Waals surface area contributed by atoms with Crippen LogP contribution in [0, 0.1) is 6.92 Å². The summed E-state index contributed by atoms with van der Waals surface area (Å²) in [6, 6.07) is 9.82. The molecule has 0 bridgehead atoms. The largest absolute Gasteiger partial charge is 0.338 e. The van der Waals surface area contributed by atoms with Gasteiger partial charge in [-0.25, -0.2) is 0 Å². The fourth-order valence-electron chi connectivity index (χ4n) is 1.42. The van der Waals surface area contributed by atoms with Crippen LogP contribution in [0.1, 0.15) is 11.1 Å². The molecule has 3 nitrogen and oxygen atoms in total. The van der Waals surface area contributed by atoms with E-state index in [0.717, 1.165) is 22.6 Å². The van der Waals surface area contributed by atoms with Crippen molar-refractivity contribution in [2.75, 3.05) is 5.32 Å². The van der Waals surface area contributed by atoms with E-state index in [0.29, 0.717) is 5.88 Å². The average Bonchev–Trinajstić information content (AvgIpc) is 2.30. The van der Waals surface area contributed by atoms with E-state index in [9.17, 15) is 0 Å². The zero-order valence-electron chi connectivity index (χ0n) is 8.94. The Balaban J connectivity index is 2.26. The summed E-state index contributed by atoms with van der Waals surface area (Å²) < 4.78 is 0. The third kappa shape index (κ3) is 2.49. The van der Waals surface area contributed by atoms with Crippen LogP contribution in [-0.2, 0) is 5.88 Å². The summed E-state index contributed by atoms with van der Waals surface area (Å²) in [5.41, 5.74) is 3.09. The monoisotopic (exact) mass is 233 g/mol. The van der Waals surface area contributed by atoms with Gasteiger partial charge in [-0.15, -0.1) is 16.7 Å². The third-order valence-electron chi connectivity index (χ3n) is 2.22. The van der Waals surface area contributed by atoms with Crippen LogP contribution in [-0.4, -0.2) is 10.2 Å². The first-order valence-corrected chi connectivity index (χ1v) is 5.53. The number of alkyl halides is 1. The van der Waals surface area contributed by atoms with Gasteiger partial charge in [0.1, 0.15) is 0 Å². The number of aryl methyl sites for hydroxylation is 1. The number of anilines is 2. The molecule has 0 spiro atoms. The molecule has 16 heavy (non-hydrogen) atoms. The van der Waals surface area contributed by atoms with Crippen LogP contribution in [0.15, 0.2) is 36.5 Å². The molecule has 0 radical (unpaired) electrons. The molecule has 0 saturated carbocycles. The lowest BCUT2D eigenvalue weighted by Gasteiger charge is -2.08. The molecule has 1 N–H and O–H groups in total. The summed E-state index contributed by atoms with van der Waals surface area (Å²) in [6.45, 7) is 1.98. The lowest BCUT2D eigenvalue weighted by Crippen LogP contribution is -1.98. The van der Waals surface area contributed by atoms with Crippen molar-refractivity contribution in [1.29, 1.82) is 0 Å². The predicted octanol–water partition coefficient (Wildman–Crippen LogP) is 3.27. The van der Waals surface area contributed by atoms with E-state index in [1.54, 1.807) is 6.20 Å². The van der Waals surface area contributed by atoms with Gasteiger partial charge in [0, 0.05) is 11.6 Å². The fourth-order valence-corrected chi connectivity index (χ4v) is 1.65. The molecule has 0 fully saturated rings. The molecule has 0 aliphatic carbocycles. The quantitative estimate of drug-likeness (QED) is 0.827. The van der Waals surface area contributed by atoms with E-state index >= 15 is 0 Å². The van der Waals surface area contributed by atoms with Gasteiger partial charge in [-0.3, -0.25) is 0 Å². The molecular weight excluding hydrogens is 222 g/mol. The van der Waals surface area contributed by atoms with Crippen LogP contribution in [0.4, 0.5) is 11.5 Å². The summed E-state index contributed by atoms with van der Waals surface area (Å²) in [6.07, 6.45) is 1.72. The third-order valence-corrected chi connectivity index (χ3v) is 2.50. The van der Waals surface area contributed by atoms with E-state index < -0.39 is 0 Å². The number of benzene rings is 1. The predicted molar refractivity (Wildman–Crippen MR) is 66.1 cm³/mol. The van der Waals surface area contributed by atoms with Crippen LogP contribution >= 0.6 is 11.6 Å². The van der Waals surface area contributed by atoms with Gasteiger partial charge in [0.2, 0.25) is 0 Å². The van der Waals surface area contributed by atoms with E-state index in [-0.39, 0.29) is 0 Å². The maximum Gasteiger partial charge on any atom is 0.153 e. The molecule has 1 heterocycles. The van der Waals surface area contributed by atoms with Gasteiger partial charge in [0.05, 0.1) is 6.20 Å². The summed E-state index contributed by atoms with van der Waals surface area (Å²) in [4.78, 5) is 0. The topological polar surface area (TPSA) is 37.8 Å². The molecule has 0 aliphatic rings. The molecule has 2 aromatic rings. The summed E-state index contributed by atoms with van der Waals surface area (Å²) in [7, 11) is 0. The first kappa shape index (κ1) is 10.9. The highest BCUT2D eigenvalue weighted by Gasteiger charge is 2.01. The lowest BCUT2D eigenvalue weighted by molar-refractivity contribution is 1.02. The Morgan fingerprint density at radius 1 is 1.31 bits per heavy atom. The van der Waals surface area contributed by atoms with Crippen molar-refractivity contribution in [2.24, 2.45) is 0 Å². The molecule has 82 valence electrons. The molecule has 1 aromatic heterocycles. The van der Waals surface area contributed by atoms with Gasteiger partial charge in [-0.1, -0.05) is 18.2 Å². The lowest BCUT2D eigenvalue weighted by atomic mass is 10.2. The Bertz CT molecular complexity index is 485. The van der Waals surface area contributed by atoms with Crippen molar-refractivity contribution in [3.05, 3.63) is 47.7 Å². The Morgan fingerprint density at radius 3 is 2.88 bits per heavy atom. The van der Waals surface area contributed by atoms with Crippen LogP contribution < -0.4 is 5.32 Å². The number of hydrogen-bond donors (Lipinski definition) is 1. The fraction of sp³-hybridized carbons (Fsp3) is 0.167. The van der Waals surface area contributed by atoms with Crippen molar-refractivity contribution < 1.29 is 0 Å². The Hall–Kier alpha value is -1.61. The number of nitrogens with one attached hydrogen (secondary N) is 1. The number of nitrogens with zero attached hydrogens (tertiary/aromatic N) is 2. The van der Waals surface area contributed by atoms with Crippen molar-refractivity contribution in [3.63, 3.8) is 0 Å². The zero-order chi connectivity index (χ0) is 11.4. The smallest absolute Gasteiger partial charge is 0.153 e. The van der Waals surface area contributed by atoms with Crippen molar-refractivity contribution in [2.45, 2.75) is 12.8 Å². The maximum atomic E-state index is 5.85. The second kappa shape index (κ2) is 4.94. The highest BCUT2D eigenvalue weighted by Crippen LogP contribution is 2.20.